The van der Waals surface area contributed by atoms with Gasteiger partial charge in [0.15, 0.2) is 0 Å². The molecule has 0 unspecified atom stereocenters. The first-order valence-electron chi connectivity index (χ1n) is 11.5. The Bertz CT molecular complexity index is 1080. The summed E-state index contributed by atoms with van der Waals surface area (Å²) in [4.78, 5) is 41.5. The monoisotopic (exact) mass is 485 g/mol. The van der Waals surface area contributed by atoms with Crippen LogP contribution in [0.1, 0.15) is 41.5 Å². The maximum absolute atomic E-state index is 13.3. The summed E-state index contributed by atoms with van der Waals surface area (Å²) in [6.45, 7) is 6.34. The van der Waals surface area contributed by atoms with Crippen LogP contribution >= 0.6 is 0 Å². The minimum absolute atomic E-state index is 0.00968. The van der Waals surface area contributed by atoms with Crippen LogP contribution in [0.2, 0.25) is 0 Å². The minimum atomic E-state index is -0.434. The molecule has 0 spiro atoms. The number of ether oxygens (including phenoxy) is 2. The van der Waals surface area contributed by atoms with Crippen LogP contribution in [-0.4, -0.2) is 73.5 Å². The Morgan fingerprint density at radius 2 is 1.80 bits per heavy atom. The van der Waals surface area contributed by atoms with Gasteiger partial charge in [0.25, 0.3) is 11.8 Å². The van der Waals surface area contributed by atoms with Gasteiger partial charge in [-0.15, -0.1) is 0 Å². The summed E-state index contributed by atoms with van der Waals surface area (Å²) in [5, 5.41) is 2.75. The number of hydrogen-bond donors (Lipinski definition) is 1. The van der Waals surface area contributed by atoms with Crippen molar-refractivity contribution in [2.45, 2.75) is 32.9 Å². The highest BCUT2D eigenvalue weighted by Gasteiger charge is 2.29. The number of fused-ring (bicyclic) bond motifs is 1. The molecule has 35 heavy (non-hydrogen) atoms. The normalized spacial score (nSPS) is 21.3. The Hall–Kier alpha value is -3.46. The number of nitrogens with one attached hydrogen (secondary N) is 1. The van der Waals surface area contributed by atoms with Crippen LogP contribution in [-0.2, 0) is 9.53 Å². The van der Waals surface area contributed by atoms with Gasteiger partial charge in [0.05, 0.1) is 17.7 Å². The van der Waals surface area contributed by atoms with Crippen LogP contribution in [0, 0.1) is 11.7 Å². The fraction of sp³-hybridized carbons (Fsp3) is 0.423. The molecular formula is C26H32FN3O5. The molecule has 1 aliphatic rings. The van der Waals surface area contributed by atoms with E-state index in [9.17, 15) is 18.8 Å². The number of anilines is 1. The molecule has 0 radical (unpaired) electrons. The highest BCUT2D eigenvalue weighted by Crippen LogP contribution is 2.27. The van der Waals surface area contributed by atoms with Crippen molar-refractivity contribution in [3.05, 3.63) is 59.4 Å². The molecule has 9 heteroatoms. The summed E-state index contributed by atoms with van der Waals surface area (Å²) in [5.74, 6) is -0.904. The molecule has 188 valence electrons. The Morgan fingerprint density at radius 1 is 1.11 bits per heavy atom. The first-order chi connectivity index (χ1) is 16.6. The third kappa shape index (κ3) is 6.36. The molecule has 0 aliphatic carbocycles. The van der Waals surface area contributed by atoms with Gasteiger partial charge in [0.2, 0.25) is 5.91 Å². The number of rotatable bonds is 3. The second-order valence-corrected chi connectivity index (χ2v) is 8.94. The molecule has 1 heterocycles. The number of methoxy groups -OCH3 is 1. The van der Waals surface area contributed by atoms with Gasteiger partial charge in [-0.1, -0.05) is 6.92 Å². The zero-order valence-electron chi connectivity index (χ0n) is 20.7. The smallest absolute Gasteiger partial charge is 0.257 e. The largest absolute Gasteiger partial charge is 0.491 e. The summed E-state index contributed by atoms with van der Waals surface area (Å²) in [5.41, 5.74) is 1.04. The Morgan fingerprint density at radius 3 is 2.43 bits per heavy atom. The van der Waals surface area contributed by atoms with Crippen molar-refractivity contribution in [2.75, 3.05) is 39.2 Å². The highest BCUT2D eigenvalue weighted by molar-refractivity contribution is 6.05. The van der Waals surface area contributed by atoms with Gasteiger partial charge in [-0.3, -0.25) is 14.4 Å². The number of halogens is 1. The summed E-state index contributed by atoms with van der Waals surface area (Å²) in [6, 6.07) is 9.72. The molecule has 0 saturated carbocycles. The first kappa shape index (κ1) is 26.2. The van der Waals surface area contributed by atoms with Gasteiger partial charge in [0, 0.05) is 57.4 Å². The van der Waals surface area contributed by atoms with Gasteiger partial charge in [0.1, 0.15) is 18.2 Å². The minimum Gasteiger partial charge on any atom is -0.491 e. The molecule has 3 atom stereocenters. The van der Waals surface area contributed by atoms with Crippen molar-refractivity contribution in [1.29, 1.82) is 0 Å². The van der Waals surface area contributed by atoms with Crippen LogP contribution in [0.3, 0.4) is 0 Å². The van der Waals surface area contributed by atoms with E-state index in [2.05, 4.69) is 5.32 Å². The van der Waals surface area contributed by atoms with Crippen LogP contribution in [0.5, 0.6) is 5.75 Å². The fourth-order valence-corrected chi connectivity index (χ4v) is 4.09. The van der Waals surface area contributed by atoms with Crippen LogP contribution < -0.4 is 10.1 Å². The third-order valence-electron chi connectivity index (χ3n) is 6.22. The Balaban J connectivity index is 1.93. The van der Waals surface area contributed by atoms with Gasteiger partial charge >= 0.3 is 0 Å². The average Bonchev–Trinajstić information content (AvgIpc) is 2.83. The average molecular weight is 486 g/mol. The number of benzene rings is 2. The quantitative estimate of drug-likeness (QED) is 0.720. The van der Waals surface area contributed by atoms with Crippen molar-refractivity contribution in [1.82, 2.24) is 9.80 Å². The molecule has 2 aromatic rings. The lowest BCUT2D eigenvalue weighted by Gasteiger charge is -2.35. The number of amides is 3. The van der Waals surface area contributed by atoms with E-state index in [0.29, 0.717) is 29.9 Å². The van der Waals surface area contributed by atoms with Gasteiger partial charge in [-0.2, -0.15) is 0 Å². The highest BCUT2D eigenvalue weighted by atomic mass is 19.1. The molecule has 0 aromatic heterocycles. The Labute approximate surface area is 205 Å². The van der Waals surface area contributed by atoms with E-state index in [1.165, 1.54) is 31.2 Å². The lowest BCUT2D eigenvalue weighted by Crippen LogP contribution is -2.48. The van der Waals surface area contributed by atoms with Crippen LogP contribution in [0.15, 0.2) is 42.5 Å². The van der Waals surface area contributed by atoms with E-state index in [4.69, 9.17) is 9.47 Å². The maximum Gasteiger partial charge on any atom is 0.257 e. The first-order valence-corrected chi connectivity index (χ1v) is 11.5. The zero-order valence-corrected chi connectivity index (χ0v) is 20.7. The molecule has 2 aromatic carbocycles. The Kier molecular flexibility index (Phi) is 8.45. The second kappa shape index (κ2) is 11.3. The van der Waals surface area contributed by atoms with Crippen LogP contribution in [0.25, 0.3) is 0 Å². The fourth-order valence-electron chi connectivity index (χ4n) is 4.09. The topological polar surface area (TPSA) is 88.2 Å². The lowest BCUT2D eigenvalue weighted by atomic mass is 10.0. The lowest BCUT2D eigenvalue weighted by molar-refractivity contribution is -0.133. The number of nitrogens with zero attached hydrogens (tertiary/aromatic N) is 2. The predicted molar refractivity (Wildman–Crippen MR) is 130 cm³/mol. The van der Waals surface area contributed by atoms with E-state index in [1.54, 1.807) is 42.2 Å². The molecule has 1 aliphatic heterocycles. The van der Waals surface area contributed by atoms with E-state index in [-0.39, 0.29) is 42.2 Å². The molecule has 3 rings (SSSR count). The molecule has 3 amide bonds. The van der Waals surface area contributed by atoms with Crippen molar-refractivity contribution < 1.29 is 28.2 Å². The molecule has 0 fully saturated rings. The molecule has 0 saturated heterocycles. The van der Waals surface area contributed by atoms with Gasteiger partial charge < -0.3 is 24.6 Å². The van der Waals surface area contributed by atoms with Gasteiger partial charge in [-0.05, 0) is 43.3 Å². The van der Waals surface area contributed by atoms with Gasteiger partial charge in [-0.25, -0.2) is 4.39 Å². The molecule has 1 N–H and O–H groups in total. The van der Waals surface area contributed by atoms with Crippen LogP contribution in [0.4, 0.5) is 10.1 Å². The SMILES string of the molecule is CO[C@H]1CN(C)C(=O)c2ccc(NC(=O)c3ccc(F)cc3)cc2OC[C@@H](C)N(C(C)=O)C[C@H]1C. The number of hydrogen-bond acceptors (Lipinski definition) is 5. The van der Waals surface area contributed by atoms with Crippen molar-refractivity contribution in [3.8, 4) is 5.75 Å². The molecular weight excluding hydrogens is 453 g/mol. The molecule has 8 nitrogen and oxygen atoms in total. The summed E-state index contributed by atoms with van der Waals surface area (Å²) in [6.07, 6.45) is -0.268. The van der Waals surface area contributed by atoms with Crippen molar-refractivity contribution >= 4 is 23.4 Å². The molecule has 0 bridgehead atoms. The zero-order chi connectivity index (χ0) is 25.7. The maximum atomic E-state index is 13.3. The summed E-state index contributed by atoms with van der Waals surface area (Å²) in [7, 11) is 3.28. The second-order valence-electron chi connectivity index (χ2n) is 8.94. The van der Waals surface area contributed by atoms with E-state index < -0.39 is 11.7 Å². The number of likely N-dealkylation sites (N-methyl/N-ethyl adjacent to an activating group) is 1. The van der Waals surface area contributed by atoms with E-state index >= 15 is 0 Å². The third-order valence-corrected chi connectivity index (χ3v) is 6.22. The summed E-state index contributed by atoms with van der Waals surface area (Å²) < 4.78 is 24.9. The number of carbonyl (C=O) groups excluding carboxylic acids is 3. The number of carbonyl (C=O) groups is 3. The van der Waals surface area contributed by atoms with E-state index in [0.717, 1.165) is 0 Å². The summed E-state index contributed by atoms with van der Waals surface area (Å²) >= 11 is 0. The van der Waals surface area contributed by atoms with Crippen molar-refractivity contribution in [2.24, 2.45) is 5.92 Å². The predicted octanol–water partition coefficient (Wildman–Crippen LogP) is 3.43. The standard InChI is InChI=1S/C26H32FN3O5/c1-16-13-30(18(3)31)17(2)15-35-23-12-21(28-25(32)19-6-8-20(27)9-7-19)10-11-22(23)26(33)29(4)14-24(16)34-5/h6-12,16-17,24H,13-15H2,1-5H3,(H,28,32)/t16-,17-,24+/m1/s1. The van der Waals surface area contributed by atoms with E-state index in [1.807, 2.05) is 13.8 Å². The van der Waals surface area contributed by atoms with Crippen molar-refractivity contribution in [3.63, 3.8) is 0 Å².